The van der Waals surface area contributed by atoms with Gasteiger partial charge in [0, 0.05) is 6.20 Å². The number of carbonyl (C=O) groups is 1. The van der Waals surface area contributed by atoms with Crippen LogP contribution in [-0.4, -0.2) is 57.3 Å². The van der Waals surface area contributed by atoms with Gasteiger partial charge in [-0.3, -0.25) is 13.9 Å². The molecule has 2 heterocycles. The number of aromatic amines is 1. The summed E-state index contributed by atoms with van der Waals surface area (Å²) in [6.45, 7) is 4.12. The molecule has 10 nitrogen and oxygen atoms in total. The number of ether oxygens (including phenoxy) is 2. The molecule has 2 aromatic rings. The van der Waals surface area contributed by atoms with Gasteiger partial charge in [-0.2, -0.15) is 5.09 Å². The first-order valence-electron chi connectivity index (χ1n) is 11.2. The zero-order valence-corrected chi connectivity index (χ0v) is 22.7. The fraction of sp³-hybridized carbons (Fsp3) is 0.435. The van der Waals surface area contributed by atoms with Crippen LogP contribution >= 0.6 is 32.2 Å². The molecule has 0 aliphatic carbocycles. The highest BCUT2D eigenvalue weighted by Gasteiger charge is 2.58. The van der Waals surface area contributed by atoms with Crippen LogP contribution in [-0.2, 0) is 23.4 Å². The number of halogens is 1. The number of para-hydroxylation sites is 1. The standard InChI is InChI=1S/C23H27FN3O7PS2/c1-5-23(24)19(28)17(33-21(23)27-12-11-18(36)25-22(27)37)13-31-35(30,34-16-9-7-6-8-10-16)26-15(4)20(29)32-14(2)3/h1,6-12,14-15,17,19,21,28H,13H2,2-4H3,(H,26,30)(H,25,36,37)/t15-,17+,19?,21+,23+,35?/m0/s1. The molecule has 1 fully saturated rings. The Hall–Kier alpha value is -2.43. The van der Waals surface area contributed by atoms with Gasteiger partial charge in [0.1, 0.15) is 28.6 Å². The smallest absolute Gasteiger partial charge is 0.459 e. The first kappa shape index (κ1) is 29.1. The van der Waals surface area contributed by atoms with Crippen LogP contribution in [0, 0.1) is 21.8 Å². The van der Waals surface area contributed by atoms with Crippen molar-refractivity contribution in [1.82, 2.24) is 14.6 Å². The Bertz CT molecular complexity index is 1320. The van der Waals surface area contributed by atoms with E-state index in [-0.39, 0.29) is 10.5 Å². The van der Waals surface area contributed by atoms with E-state index in [1.807, 2.05) is 5.92 Å². The van der Waals surface area contributed by atoms with Crippen LogP contribution in [0.1, 0.15) is 27.0 Å². The number of benzene rings is 1. The summed E-state index contributed by atoms with van der Waals surface area (Å²) in [5.74, 6) is 1.40. The van der Waals surface area contributed by atoms with E-state index in [1.165, 1.54) is 35.9 Å². The van der Waals surface area contributed by atoms with Crippen molar-refractivity contribution in [2.45, 2.75) is 57.0 Å². The molecular weight excluding hydrogens is 544 g/mol. The second kappa shape index (κ2) is 12.0. The molecule has 0 bridgehead atoms. The predicted molar refractivity (Wildman–Crippen MR) is 137 cm³/mol. The van der Waals surface area contributed by atoms with E-state index in [9.17, 15) is 14.5 Å². The number of alkyl halides is 1. The van der Waals surface area contributed by atoms with Gasteiger partial charge in [0.25, 0.3) is 0 Å². The summed E-state index contributed by atoms with van der Waals surface area (Å²) < 4.78 is 52.8. The third-order valence-electron chi connectivity index (χ3n) is 5.21. The van der Waals surface area contributed by atoms with E-state index in [0.717, 1.165) is 0 Å². The summed E-state index contributed by atoms with van der Waals surface area (Å²) in [7, 11) is -4.30. The van der Waals surface area contributed by atoms with E-state index >= 15 is 4.39 Å². The number of aliphatic hydroxyl groups is 1. The van der Waals surface area contributed by atoms with E-state index in [4.69, 9.17) is 49.4 Å². The van der Waals surface area contributed by atoms with Crippen molar-refractivity contribution < 1.29 is 37.4 Å². The lowest BCUT2D eigenvalue weighted by atomic mass is 9.97. The number of rotatable bonds is 10. The molecule has 3 N–H and O–H groups in total. The molecular formula is C23H27FN3O7PS2. The maximum absolute atomic E-state index is 15.8. The molecule has 0 saturated carbocycles. The molecule has 0 radical (unpaired) electrons. The number of aliphatic hydroxyl groups excluding tert-OH is 1. The number of nitrogens with zero attached hydrogens (tertiary/aromatic N) is 1. The van der Waals surface area contributed by atoms with Crippen LogP contribution in [0.25, 0.3) is 0 Å². The number of carbonyl (C=O) groups excluding carboxylic acids is 1. The molecule has 2 unspecified atom stereocenters. The lowest BCUT2D eigenvalue weighted by Crippen LogP contribution is -2.42. The van der Waals surface area contributed by atoms with Gasteiger partial charge in [0.15, 0.2) is 11.0 Å². The van der Waals surface area contributed by atoms with Gasteiger partial charge in [-0.05, 0) is 51.2 Å². The maximum Gasteiger partial charge on any atom is 0.459 e. The fourth-order valence-electron chi connectivity index (χ4n) is 3.43. The zero-order valence-electron chi connectivity index (χ0n) is 20.2. The van der Waals surface area contributed by atoms with Crippen LogP contribution < -0.4 is 9.61 Å². The Labute approximate surface area is 223 Å². The van der Waals surface area contributed by atoms with Gasteiger partial charge in [-0.15, -0.1) is 6.42 Å². The molecule has 200 valence electrons. The monoisotopic (exact) mass is 571 g/mol. The number of hydrogen-bond donors (Lipinski definition) is 3. The first-order chi connectivity index (χ1) is 17.4. The molecule has 37 heavy (non-hydrogen) atoms. The van der Waals surface area contributed by atoms with Crippen LogP contribution in [0.3, 0.4) is 0 Å². The Morgan fingerprint density at radius 2 is 2.03 bits per heavy atom. The molecule has 1 aliphatic rings. The van der Waals surface area contributed by atoms with Gasteiger partial charge in [0.05, 0.1) is 12.7 Å². The van der Waals surface area contributed by atoms with E-state index in [1.54, 1.807) is 32.0 Å². The number of H-pyrrole nitrogens is 1. The van der Waals surface area contributed by atoms with Crippen molar-refractivity contribution in [3.05, 3.63) is 52.0 Å². The van der Waals surface area contributed by atoms with Gasteiger partial charge in [-0.25, -0.2) is 8.96 Å². The molecule has 1 aromatic heterocycles. The summed E-state index contributed by atoms with van der Waals surface area (Å²) in [5.41, 5.74) is -2.71. The summed E-state index contributed by atoms with van der Waals surface area (Å²) in [6, 6.07) is 8.41. The van der Waals surface area contributed by atoms with Crippen molar-refractivity contribution in [3.63, 3.8) is 0 Å². The van der Waals surface area contributed by atoms with Crippen LogP contribution in [0.15, 0.2) is 42.6 Å². The molecule has 3 rings (SSSR count). The van der Waals surface area contributed by atoms with E-state index < -0.39 is 56.6 Å². The zero-order chi connectivity index (χ0) is 27.4. The Morgan fingerprint density at radius 3 is 2.62 bits per heavy atom. The average Bonchev–Trinajstić information content (AvgIpc) is 3.08. The predicted octanol–water partition coefficient (Wildman–Crippen LogP) is 4.01. The van der Waals surface area contributed by atoms with Crippen LogP contribution in [0.5, 0.6) is 5.75 Å². The maximum atomic E-state index is 15.8. The molecule has 0 spiro atoms. The highest BCUT2D eigenvalue weighted by Crippen LogP contribution is 2.47. The minimum Gasteiger partial charge on any atom is -0.462 e. The fourth-order valence-corrected chi connectivity index (χ4v) is 5.42. The van der Waals surface area contributed by atoms with Crippen LogP contribution in [0.4, 0.5) is 4.39 Å². The second-order valence-electron chi connectivity index (χ2n) is 8.44. The minimum atomic E-state index is -4.30. The molecule has 1 aliphatic heterocycles. The number of hydrogen-bond acceptors (Lipinski definition) is 9. The summed E-state index contributed by atoms with van der Waals surface area (Å²) >= 11 is 10.2. The topological polar surface area (TPSA) is 124 Å². The number of aromatic nitrogens is 2. The Balaban J connectivity index is 1.84. The molecule has 1 saturated heterocycles. The molecule has 1 aromatic carbocycles. The molecule has 6 atom stereocenters. The van der Waals surface area contributed by atoms with E-state index in [0.29, 0.717) is 4.64 Å². The molecule has 0 amide bonds. The molecule has 14 heteroatoms. The van der Waals surface area contributed by atoms with Crippen molar-refractivity contribution in [1.29, 1.82) is 0 Å². The minimum absolute atomic E-state index is 0.0146. The highest BCUT2D eigenvalue weighted by molar-refractivity contribution is 7.72. The Kier molecular flexibility index (Phi) is 9.42. The first-order valence-corrected chi connectivity index (χ1v) is 13.5. The van der Waals surface area contributed by atoms with Crippen LogP contribution in [0.2, 0.25) is 0 Å². The van der Waals surface area contributed by atoms with Crippen molar-refractivity contribution >= 4 is 38.2 Å². The third kappa shape index (κ3) is 6.91. The van der Waals surface area contributed by atoms with Crippen molar-refractivity contribution in [2.75, 3.05) is 6.61 Å². The summed E-state index contributed by atoms with van der Waals surface area (Å²) in [6.07, 6.45) is 1.58. The van der Waals surface area contributed by atoms with Gasteiger partial charge in [-0.1, -0.05) is 36.3 Å². The van der Waals surface area contributed by atoms with Crippen molar-refractivity contribution in [2.24, 2.45) is 0 Å². The van der Waals surface area contributed by atoms with Gasteiger partial charge >= 0.3 is 13.7 Å². The van der Waals surface area contributed by atoms with Crippen molar-refractivity contribution in [3.8, 4) is 18.1 Å². The normalized spacial score (nSPS) is 25.7. The second-order valence-corrected chi connectivity index (χ2v) is 11.0. The Morgan fingerprint density at radius 1 is 1.35 bits per heavy atom. The van der Waals surface area contributed by atoms with Gasteiger partial charge < -0.3 is 24.1 Å². The largest absolute Gasteiger partial charge is 0.462 e. The number of nitrogens with one attached hydrogen (secondary N) is 2. The SMILES string of the molecule is C#C[C@@]1(F)C(O)[C@@H](COP(=O)(N[C@@H](C)C(=O)OC(C)C)Oc2ccccc2)O[C@H]1n1ccc(=S)[nH]c1=S. The lowest BCUT2D eigenvalue weighted by Gasteiger charge is -2.25. The van der Waals surface area contributed by atoms with Gasteiger partial charge in [0.2, 0.25) is 5.67 Å². The van der Waals surface area contributed by atoms with E-state index in [2.05, 4.69) is 10.1 Å². The summed E-state index contributed by atoms with van der Waals surface area (Å²) in [5, 5.41) is 13.2. The lowest BCUT2D eigenvalue weighted by molar-refractivity contribution is -0.149. The number of esters is 1. The number of terminal acetylenes is 1. The quantitative estimate of drug-likeness (QED) is 0.167. The average molecular weight is 572 g/mol. The summed E-state index contributed by atoms with van der Waals surface area (Å²) in [4.78, 5) is 15.0. The third-order valence-corrected chi connectivity index (χ3v) is 7.40. The highest BCUT2D eigenvalue weighted by atomic mass is 32.1.